The van der Waals surface area contributed by atoms with Gasteiger partial charge in [0, 0.05) is 11.1 Å². The average Bonchev–Trinajstić information content (AvgIpc) is 2.40. The molecule has 0 atom stereocenters. The summed E-state index contributed by atoms with van der Waals surface area (Å²) in [4.78, 5) is 24.0. The van der Waals surface area contributed by atoms with Gasteiger partial charge in [-0.1, -0.05) is 59.7 Å². The van der Waals surface area contributed by atoms with Crippen LogP contribution < -0.4 is 0 Å². The number of carbonyl (C=O) groups is 2. The first-order valence-corrected chi connectivity index (χ1v) is 6.26. The minimum absolute atomic E-state index is 0.0773. The molecule has 19 heavy (non-hydrogen) atoms. The van der Waals surface area contributed by atoms with E-state index in [1.54, 1.807) is 24.3 Å². The Labute approximate surface area is 113 Å². The number of hydrogen-bond acceptors (Lipinski definition) is 2. The molecule has 0 unspecified atom stereocenters. The minimum atomic E-state index is -0.134. The molecule has 0 heterocycles. The molecule has 2 rings (SSSR count). The SMILES string of the molecule is Cc1ccc(C(=O)CC(=O)c2ccc(C)cc2)cc1. The molecule has 0 fully saturated rings. The van der Waals surface area contributed by atoms with E-state index in [1.165, 1.54) is 0 Å². The highest BCUT2D eigenvalue weighted by Crippen LogP contribution is 2.11. The van der Waals surface area contributed by atoms with Crippen molar-refractivity contribution in [3.8, 4) is 0 Å². The van der Waals surface area contributed by atoms with Crippen molar-refractivity contribution in [2.45, 2.75) is 20.3 Å². The van der Waals surface area contributed by atoms with E-state index in [1.807, 2.05) is 38.1 Å². The van der Waals surface area contributed by atoms with Crippen molar-refractivity contribution in [1.29, 1.82) is 0 Å². The molecular formula is C17H16O2. The third kappa shape index (κ3) is 3.38. The molecule has 2 nitrogen and oxygen atoms in total. The zero-order chi connectivity index (χ0) is 13.8. The fraction of sp³-hybridized carbons (Fsp3) is 0.176. The second-order valence-corrected chi connectivity index (χ2v) is 4.76. The third-order valence-corrected chi connectivity index (χ3v) is 3.07. The Balaban J connectivity index is 2.08. The van der Waals surface area contributed by atoms with Crippen molar-refractivity contribution in [3.05, 3.63) is 70.8 Å². The number of ketones is 2. The molecule has 96 valence electrons. The molecule has 0 bridgehead atoms. The molecule has 0 saturated carbocycles. The number of Topliss-reactive ketones (excluding diaryl/α,β-unsaturated/α-hetero) is 2. The fourth-order valence-electron chi connectivity index (χ4n) is 1.83. The highest BCUT2D eigenvalue weighted by molar-refractivity contribution is 6.13. The predicted molar refractivity (Wildman–Crippen MR) is 75.6 cm³/mol. The molecule has 0 spiro atoms. The summed E-state index contributed by atoms with van der Waals surface area (Å²) in [6.45, 7) is 3.93. The molecule has 2 aromatic carbocycles. The Morgan fingerprint density at radius 1 is 0.684 bits per heavy atom. The summed E-state index contributed by atoms with van der Waals surface area (Å²) in [5, 5.41) is 0. The van der Waals surface area contributed by atoms with Crippen LogP contribution in [0, 0.1) is 13.8 Å². The van der Waals surface area contributed by atoms with Gasteiger partial charge in [0.25, 0.3) is 0 Å². The van der Waals surface area contributed by atoms with Crippen LogP contribution in [0.15, 0.2) is 48.5 Å². The molecular weight excluding hydrogens is 236 g/mol. The maximum absolute atomic E-state index is 12.0. The van der Waals surface area contributed by atoms with Crippen molar-refractivity contribution in [2.24, 2.45) is 0 Å². The van der Waals surface area contributed by atoms with Crippen LogP contribution in [0.25, 0.3) is 0 Å². The number of aryl methyl sites for hydroxylation is 2. The summed E-state index contributed by atoms with van der Waals surface area (Å²) in [6.07, 6.45) is -0.0773. The Morgan fingerprint density at radius 2 is 1.00 bits per heavy atom. The predicted octanol–water partition coefficient (Wildman–Crippen LogP) is 3.76. The van der Waals surface area contributed by atoms with Crippen molar-refractivity contribution < 1.29 is 9.59 Å². The normalized spacial score (nSPS) is 10.2. The van der Waals surface area contributed by atoms with Gasteiger partial charge in [0.15, 0.2) is 11.6 Å². The van der Waals surface area contributed by atoms with Crippen LogP contribution in [-0.2, 0) is 0 Å². The van der Waals surface area contributed by atoms with Crippen molar-refractivity contribution in [3.63, 3.8) is 0 Å². The summed E-state index contributed by atoms with van der Waals surface area (Å²) in [5.41, 5.74) is 3.37. The fourth-order valence-corrected chi connectivity index (χ4v) is 1.83. The van der Waals surface area contributed by atoms with Crippen molar-refractivity contribution in [2.75, 3.05) is 0 Å². The first kappa shape index (κ1) is 13.2. The van der Waals surface area contributed by atoms with E-state index in [4.69, 9.17) is 0 Å². The summed E-state index contributed by atoms with van der Waals surface area (Å²) in [5.74, 6) is -0.267. The van der Waals surface area contributed by atoms with E-state index >= 15 is 0 Å². The van der Waals surface area contributed by atoms with E-state index in [2.05, 4.69) is 0 Å². The molecule has 2 heteroatoms. The van der Waals surface area contributed by atoms with Crippen LogP contribution in [0.4, 0.5) is 0 Å². The van der Waals surface area contributed by atoms with Gasteiger partial charge in [-0.25, -0.2) is 0 Å². The standard InChI is InChI=1S/C17H16O2/c1-12-3-7-14(8-4-12)16(18)11-17(19)15-9-5-13(2)6-10-15/h3-10H,11H2,1-2H3. The Hall–Kier alpha value is -2.22. The monoisotopic (exact) mass is 252 g/mol. The van der Waals surface area contributed by atoms with E-state index in [0.29, 0.717) is 11.1 Å². The number of hydrogen-bond donors (Lipinski definition) is 0. The van der Waals surface area contributed by atoms with Gasteiger partial charge in [0.05, 0.1) is 6.42 Å². The van der Waals surface area contributed by atoms with Crippen LogP contribution in [0.2, 0.25) is 0 Å². The Kier molecular flexibility index (Phi) is 3.91. The van der Waals surface area contributed by atoms with Gasteiger partial charge < -0.3 is 0 Å². The van der Waals surface area contributed by atoms with Crippen LogP contribution >= 0.6 is 0 Å². The van der Waals surface area contributed by atoms with E-state index in [-0.39, 0.29) is 18.0 Å². The van der Waals surface area contributed by atoms with Gasteiger partial charge in [0.2, 0.25) is 0 Å². The summed E-state index contributed by atoms with van der Waals surface area (Å²) in [7, 11) is 0. The maximum atomic E-state index is 12.0. The quantitative estimate of drug-likeness (QED) is 0.613. The zero-order valence-electron chi connectivity index (χ0n) is 11.1. The van der Waals surface area contributed by atoms with Crippen LogP contribution in [-0.4, -0.2) is 11.6 Å². The van der Waals surface area contributed by atoms with Gasteiger partial charge in [-0.3, -0.25) is 9.59 Å². The van der Waals surface area contributed by atoms with Gasteiger partial charge in [-0.2, -0.15) is 0 Å². The Morgan fingerprint density at radius 3 is 1.32 bits per heavy atom. The molecule has 0 aliphatic rings. The lowest BCUT2D eigenvalue weighted by molar-refractivity contribution is 0.0894. The molecule has 0 N–H and O–H groups in total. The van der Waals surface area contributed by atoms with Crippen LogP contribution in [0.5, 0.6) is 0 Å². The van der Waals surface area contributed by atoms with Gasteiger partial charge in [-0.15, -0.1) is 0 Å². The summed E-state index contributed by atoms with van der Waals surface area (Å²) >= 11 is 0. The second kappa shape index (κ2) is 5.61. The lowest BCUT2D eigenvalue weighted by Gasteiger charge is -2.02. The minimum Gasteiger partial charge on any atom is -0.294 e. The lowest BCUT2D eigenvalue weighted by atomic mass is 10.0. The smallest absolute Gasteiger partial charge is 0.170 e. The van der Waals surface area contributed by atoms with Crippen molar-refractivity contribution >= 4 is 11.6 Å². The maximum Gasteiger partial charge on any atom is 0.170 e. The first-order chi connectivity index (χ1) is 9.06. The van der Waals surface area contributed by atoms with Crippen LogP contribution in [0.3, 0.4) is 0 Å². The number of rotatable bonds is 4. The van der Waals surface area contributed by atoms with Gasteiger partial charge >= 0.3 is 0 Å². The highest BCUT2D eigenvalue weighted by Gasteiger charge is 2.13. The summed E-state index contributed by atoms with van der Waals surface area (Å²) in [6, 6.07) is 14.6. The number of carbonyl (C=O) groups excluding carboxylic acids is 2. The molecule has 2 aromatic rings. The molecule has 0 aromatic heterocycles. The van der Waals surface area contributed by atoms with E-state index in [9.17, 15) is 9.59 Å². The topological polar surface area (TPSA) is 34.1 Å². The van der Waals surface area contributed by atoms with E-state index in [0.717, 1.165) is 11.1 Å². The van der Waals surface area contributed by atoms with Gasteiger partial charge in [0.1, 0.15) is 0 Å². The van der Waals surface area contributed by atoms with Gasteiger partial charge in [-0.05, 0) is 13.8 Å². The van der Waals surface area contributed by atoms with Crippen LogP contribution in [0.1, 0.15) is 38.3 Å². The Bertz CT molecular complexity index is 537. The summed E-state index contributed by atoms with van der Waals surface area (Å²) < 4.78 is 0. The molecule has 0 aliphatic heterocycles. The van der Waals surface area contributed by atoms with Crippen molar-refractivity contribution in [1.82, 2.24) is 0 Å². The average molecular weight is 252 g/mol. The highest BCUT2D eigenvalue weighted by atomic mass is 16.1. The molecule has 0 aliphatic carbocycles. The second-order valence-electron chi connectivity index (χ2n) is 4.76. The third-order valence-electron chi connectivity index (χ3n) is 3.07. The lowest BCUT2D eigenvalue weighted by Crippen LogP contribution is -2.08. The largest absolute Gasteiger partial charge is 0.294 e. The zero-order valence-corrected chi connectivity index (χ0v) is 11.1. The van der Waals surface area contributed by atoms with E-state index < -0.39 is 0 Å². The first-order valence-electron chi connectivity index (χ1n) is 6.26. The molecule has 0 saturated heterocycles. The number of benzene rings is 2. The molecule has 0 amide bonds. The molecule has 0 radical (unpaired) electrons.